The van der Waals surface area contributed by atoms with Gasteiger partial charge in [0.25, 0.3) is 5.91 Å². The lowest BCUT2D eigenvalue weighted by Crippen LogP contribution is -2.34. The van der Waals surface area contributed by atoms with Crippen LogP contribution < -0.4 is 4.90 Å². The molecule has 0 saturated carbocycles. The van der Waals surface area contributed by atoms with Crippen molar-refractivity contribution in [3.05, 3.63) is 53.5 Å². The minimum Gasteiger partial charge on any atom is -0.350 e. The molecule has 1 fully saturated rings. The Morgan fingerprint density at radius 1 is 1.07 bits per heavy atom. The summed E-state index contributed by atoms with van der Waals surface area (Å²) in [6.07, 6.45) is 4.57. The Morgan fingerprint density at radius 3 is 2.37 bits per heavy atom. The summed E-state index contributed by atoms with van der Waals surface area (Å²) in [7, 11) is 0. The number of hydrogen-bond acceptors (Lipinski definition) is 4. The van der Waals surface area contributed by atoms with Gasteiger partial charge in [0.2, 0.25) is 0 Å². The third kappa shape index (κ3) is 5.06. The van der Waals surface area contributed by atoms with Crippen molar-refractivity contribution in [2.24, 2.45) is 0 Å². The molecule has 1 aromatic heterocycles. The maximum Gasteiger partial charge on any atom is 0.272 e. The van der Waals surface area contributed by atoms with E-state index in [2.05, 4.69) is 40.8 Å². The Balaban J connectivity index is 1.87. The lowest BCUT2D eigenvalue weighted by molar-refractivity contribution is 0.0755. The van der Waals surface area contributed by atoms with E-state index in [0.717, 1.165) is 38.3 Å². The largest absolute Gasteiger partial charge is 0.350 e. The molecular weight excluding hydrogens is 336 g/mol. The van der Waals surface area contributed by atoms with Gasteiger partial charge in [-0.25, -0.2) is 9.97 Å². The van der Waals surface area contributed by atoms with Gasteiger partial charge >= 0.3 is 0 Å². The van der Waals surface area contributed by atoms with Crippen LogP contribution in [0, 0.1) is 6.92 Å². The summed E-state index contributed by atoms with van der Waals surface area (Å²) in [4.78, 5) is 26.3. The van der Waals surface area contributed by atoms with Crippen molar-refractivity contribution in [3.63, 3.8) is 0 Å². The summed E-state index contributed by atoms with van der Waals surface area (Å²) in [6.45, 7) is 8.58. The van der Waals surface area contributed by atoms with Crippen molar-refractivity contribution >= 4 is 11.7 Å². The Hall–Kier alpha value is -2.43. The zero-order chi connectivity index (χ0) is 19.2. The Kier molecular flexibility index (Phi) is 6.43. The first-order valence-electron chi connectivity index (χ1n) is 10.00. The van der Waals surface area contributed by atoms with E-state index in [9.17, 15) is 4.79 Å². The van der Waals surface area contributed by atoms with Crippen LogP contribution in [-0.2, 0) is 6.54 Å². The molecule has 1 aliphatic rings. The molecule has 1 aliphatic heterocycles. The van der Waals surface area contributed by atoms with Crippen LogP contribution in [0.25, 0.3) is 0 Å². The van der Waals surface area contributed by atoms with E-state index in [-0.39, 0.29) is 11.9 Å². The highest BCUT2D eigenvalue weighted by molar-refractivity contribution is 5.93. The maximum atomic E-state index is 13.0. The topological polar surface area (TPSA) is 49.3 Å². The number of amides is 1. The molecule has 0 aliphatic carbocycles. The predicted octanol–water partition coefficient (Wildman–Crippen LogP) is 4.22. The molecule has 5 heteroatoms. The number of hydrogen-bond donors (Lipinski definition) is 0. The summed E-state index contributed by atoms with van der Waals surface area (Å²) < 4.78 is 0. The number of carbonyl (C=O) groups is 1. The standard InChI is InChI=1S/C22H30N4O/c1-17(2)26(16-19-11-7-6-8-12-19)21-15-20(23-18(3)24-21)22(27)25-13-9-4-5-10-14-25/h6-8,11-12,15,17H,4-5,9-10,13-14,16H2,1-3H3. The van der Waals surface area contributed by atoms with Crippen LogP contribution in [0.5, 0.6) is 0 Å². The summed E-state index contributed by atoms with van der Waals surface area (Å²) >= 11 is 0. The molecule has 2 heterocycles. The molecule has 0 radical (unpaired) electrons. The van der Waals surface area contributed by atoms with Gasteiger partial charge in [0, 0.05) is 31.7 Å². The molecule has 0 unspecified atom stereocenters. The third-order valence-corrected chi connectivity index (χ3v) is 5.05. The molecular formula is C22H30N4O. The first-order chi connectivity index (χ1) is 13.0. The first kappa shape index (κ1) is 19.3. The Labute approximate surface area is 162 Å². The lowest BCUT2D eigenvalue weighted by atomic mass is 10.2. The van der Waals surface area contributed by atoms with E-state index in [1.165, 1.54) is 18.4 Å². The molecule has 1 amide bonds. The van der Waals surface area contributed by atoms with Crippen molar-refractivity contribution in [1.29, 1.82) is 0 Å². The van der Waals surface area contributed by atoms with Gasteiger partial charge in [0.15, 0.2) is 0 Å². The zero-order valence-electron chi connectivity index (χ0n) is 16.7. The van der Waals surface area contributed by atoms with Gasteiger partial charge in [-0.15, -0.1) is 0 Å². The minimum absolute atomic E-state index is 0.0343. The average Bonchev–Trinajstić information content (AvgIpc) is 2.95. The van der Waals surface area contributed by atoms with Gasteiger partial charge in [-0.2, -0.15) is 0 Å². The van der Waals surface area contributed by atoms with Gasteiger partial charge in [0.1, 0.15) is 17.3 Å². The van der Waals surface area contributed by atoms with Gasteiger partial charge in [0.05, 0.1) is 0 Å². The zero-order valence-corrected chi connectivity index (χ0v) is 16.7. The van der Waals surface area contributed by atoms with Crippen molar-refractivity contribution in [2.45, 2.75) is 59.0 Å². The van der Waals surface area contributed by atoms with E-state index >= 15 is 0 Å². The monoisotopic (exact) mass is 366 g/mol. The van der Waals surface area contributed by atoms with E-state index < -0.39 is 0 Å². The number of anilines is 1. The number of benzene rings is 1. The molecule has 1 saturated heterocycles. The molecule has 0 N–H and O–H groups in total. The second kappa shape index (κ2) is 8.98. The maximum absolute atomic E-state index is 13.0. The van der Waals surface area contributed by atoms with Crippen LogP contribution in [0.2, 0.25) is 0 Å². The van der Waals surface area contributed by atoms with Crippen LogP contribution in [0.15, 0.2) is 36.4 Å². The number of likely N-dealkylation sites (tertiary alicyclic amines) is 1. The molecule has 1 aromatic carbocycles. The van der Waals surface area contributed by atoms with Crippen LogP contribution in [0.1, 0.15) is 61.4 Å². The average molecular weight is 367 g/mol. The van der Waals surface area contributed by atoms with E-state index in [1.54, 1.807) is 0 Å². The summed E-state index contributed by atoms with van der Waals surface area (Å²) in [6, 6.07) is 12.5. The first-order valence-corrected chi connectivity index (χ1v) is 10.00. The molecule has 3 rings (SSSR count). The highest BCUT2D eigenvalue weighted by Gasteiger charge is 2.22. The van der Waals surface area contributed by atoms with Gasteiger partial charge in [-0.1, -0.05) is 43.2 Å². The number of nitrogens with zero attached hydrogens (tertiary/aromatic N) is 4. The highest BCUT2D eigenvalue weighted by atomic mass is 16.2. The molecule has 0 bridgehead atoms. The summed E-state index contributed by atoms with van der Waals surface area (Å²) in [5.41, 5.74) is 1.74. The number of aryl methyl sites for hydroxylation is 1. The molecule has 27 heavy (non-hydrogen) atoms. The highest BCUT2D eigenvalue weighted by Crippen LogP contribution is 2.21. The van der Waals surface area contributed by atoms with Crippen LogP contribution >= 0.6 is 0 Å². The van der Waals surface area contributed by atoms with Gasteiger partial charge in [-0.3, -0.25) is 4.79 Å². The van der Waals surface area contributed by atoms with Crippen molar-refractivity contribution < 1.29 is 4.79 Å². The third-order valence-electron chi connectivity index (χ3n) is 5.05. The van der Waals surface area contributed by atoms with E-state index in [1.807, 2.05) is 36.1 Å². The van der Waals surface area contributed by atoms with E-state index in [4.69, 9.17) is 0 Å². The van der Waals surface area contributed by atoms with Crippen LogP contribution in [0.4, 0.5) is 5.82 Å². The SMILES string of the molecule is Cc1nc(C(=O)N2CCCCCC2)cc(N(Cc2ccccc2)C(C)C)n1. The summed E-state index contributed by atoms with van der Waals surface area (Å²) in [5, 5.41) is 0. The van der Waals surface area contributed by atoms with Crippen LogP contribution in [0.3, 0.4) is 0 Å². The number of rotatable bonds is 5. The smallest absolute Gasteiger partial charge is 0.272 e. The fourth-order valence-corrected chi connectivity index (χ4v) is 3.55. The summed E-state index contributed by atoms with van der Waals surface area (Å²) in [5.74, 6) is 1.50. The number of carbonyl (C=O) groups excluding carboxylic acids is 1. The second-order valence-corrected chi connectivity index (χ2v) is 7.57. The molecule has 0 atom stereocenters. The Morgan fingerprint density at radius 2 is 1.74 bits per heavy atom. The molecule has 2 aromatic rings. The minimum atomic E-state index is 0.0343. The normalized spacial score (nSPS) is 14.9. The van der Waals surface area contributed by atoms with Crippen molar-refractivity contribution in [3.8, 4) is 0 Å². The molecule has 5 nitrogen and oxygen atoms in total. The molecule has 144 valence electrons. The quantitative estimate of drug-likeness (QED) is 0.795. The fraction of sp³-hybridized carbons (Fsp3) is 0.500. The Bertz CT molecular complexity index is 752. The molecule has 0 spiro atoms. The predicted molar refractivity (Wildman–Crippen MR) is 109 cm³/mol. The number of aromatic nitrogens is 2. The second-order valence-electron chi connectivity index (χ2n) is 7.57. The van der Waals surface area contributed by atoms with Gasteiger partial charge < -0.3 is 9.80 Å². The van der Waals surface area contributed by atoms with E-state index in [0.29, 0.717) is 11.5 Å². The van der Waals surface area contributed by atoms with Crippen molar-refractivity contribution in [1.82, 2.24) is 14.9 Å². The lowest BCUT2D eigenvalue weighted by Gasteiger charge is -2.29. The van der Waals surface area contributed by atoms with Crippen molar-refractivity contribution in [2.75, 3.05) is 18.0 Å². The van der Waals surface area contributed by atoms with Crippen LogP contribution in [-0.4, -0.2) is 39.9 Å². The van der Waals surface area contributed by atoms with Gasteiger partial charge in [-0.05, 0) is 39.2 Å². The fourth-order valence-electron chi connectivity index (χ4n) is 3.55.